The summed E-state index contributed by atoms with van der Waals surface area (Å²) in [7, 11) is 1.75. The molecule has 1 saturated carbocycles. The Morgan fingerprint density at radius 3 is 2.71 bits per heavy atom. The Morgan fingerprint density at radius 2 is 2.07 bits per heavy atom. The third-order valence-corrected chi connectivity index (χ3v) is 4.07. The van der Waals surface area contributed by atoms with E-state index in [1.165, 1.54) is 32.1 Å². The highest BCUT2D eigenvalue weighted by atomic mass is 16.5. The summed E-state index contributed by atoms with van der Waals surface area (Å²) in [4.78, 5) is 0. The average Bonchev–Trinajstić information content (AvgIpc) is 2.55. The van der Waals surface area contributed by atoms with Gasteiger partial charge < -0.3 is 4.74 Å². The molecule has 2 aliphatic carbocycles. The minimum Gasteiger partial charge on any atom is -0.497 e. The third kappa shape index (κ3) is 0.956. The van der Waals surface area contributed by atoms with Crippen molar-refractivity contribution in [2.45, 2.75) is 37.5 Å². The van der Waals surface area contributed by atoms with Crippen LogP contribution in [-0.4, -0.2) is 7.11 Å². The second-order valence-electron chi connectivity index (χ2n) is 4.66. The summed E-state index contributed by atoms with van der Waals surface area (Å²) in [6.07, 6.45) is 6.85. The fourth-order valence-corrected chi connectivity index (χ4v) is 3.03. The summed E-state index contributed by atoms with van der Waals surface area (Å²) < 4.78 is 5.30. The van der Waals surface area contributed by atoms with Crippen molar-refractivity contribution in [2.75, 3.05) is 7.11 Å². The summed E-state index contributed by atoms with van der Waals surface area (Å²) in [5.74, 6) is 1.02. The van der Waals surface area contributed by atoms with Crippen LogP contribution in [0.25, 0.3) is 0 Å². The Kier molecular flexibility index (Phi) is 1.64. The quantitative estimate of drug-likeness (QED) is 0.658. The zero-order valence-corrected chi connectivity index (χ0v) is 8.68. The lowest BCUT2D eigenvalue weighted by Gasteiger charge is -2.39. The van der Waals surface area contributed by atoms with Crippen molar-refractivity contribution in [3.05, 3.63) is 29.3 Å². The van der Waals surface area contributed by atoms with E-state index < -0.39 is 0 Å². The van der Waals surface area contributed by atoms with Crippen molar-refractivity contribution < 1.29 is 4.74 Å². The van der Waals surface area contributed by atoms with Crippen LogP contribution in [0.2, 0.25) is 0 Å². The molecule has 1 spiro atoms. The Balaban J connectivity index is 2.08. The summed E-state index contributed by atoms with van der Waals surface area (Å²) in [5, 5.41) is 0. The van der Waals surface area contributed by atoms with Crippen LogP contribution < -0.4 is 4.74 Å². The van der Waals surface area contributed by atoms with Gasteiger partial charge in [-0.2, -0.15) is 0 Å². The number of rotatable bonds is 1. The molecule has 0 unspecified atom stereocenters. The Bertz CT molecular complexity index is 363. The Labute approximate surface area is 85.1 Å². The highest BCUT2D eigenvalue weighted by Crippen LogP contribution is 2.53. The van der Waals surface area contributed by atoms with E-state index in [4.69, 9.17) is 4.74 Å². The number of aryl methyl sites for hydroxylation is 1. The normalized spacial score (nSPS) is 21.8. The van der Waals surface area contributed by atoms with Crippen LogP contribution in [0.15, 0.2) is 18.2 Å². The fourth-order valence-electron chi connectivity index (χ4n) is 3.03. The predicted molar refractivity (Wildman–Crippen MR) is 56.8 cm³/mol. The van der Waals surface area contributed by atoms with Crippen LogP contribution in [0.1, 0.15) is 36.8 Å². The molecule has 0 bridgehead atoms. The first-order chi connectivity index (χ1) is 6.84. The number of fused-ring (bicyclic) bond motifs is 2. The van der Waals surface area contributed by atoms with Gasteiger partial charge in [-0.1, -0.05) is 12.5 Å². The molecule has 1 fully saturated rings. The van der Waals surface area contributed by atoms with Crippen LogP contribution in [0, 0.1) is 0 Å². The van der Waals surface area contributed by atoms with E-state index in [-0.39, 0.29) is 0 Å². The SMILES string of the molecule is COc1ccc2c(c1)C1(CCC1)CC2. The smallest absolute Gasteiger partial charge is 0.119 e. The molecule has 0 atom stereocenters. The number of hydrogen-bond acceptors (Lipinski definition) is 1. The fraction of sp³-hybridized carbons (Fsp3) is 0.538. The molecule has 1 nitrogen and oxygen atoms in total. The zero-order valence-electron chi connectivity index (χ0n) is 8.68. The first-order valence-electron chi connectivity index (χ1n) is 5.51. The minimum atomic E-state index is 0.559. The molecule has 3 rings (SSSR count). The second-order valence-corrected chi connectivity index (χ2v) is 4.66. The molecule has 0 amide bonds. The zero-order chi connectivity index (χ0) is 9.60. The van der Waals surface area contributed by atoms with E-state index in [1.54, 1.807) is 18.2 Å². The summed E-state index contributed by atoms with van der Waals surface area (Å²) in [6.45, 7) is 0. The van der Waals surface area contributed by atoms with Gasteiger partial charge in [-0.05, 0) is 54.4 Å². The van der Waals surface area contributed by atoms with E-state index in [0.29, 0.717) is 5.41 Å². The molecule has 2 aliphatic rings. The lowest BCUT2D eigenvalue weighted by Crippen LogP contribution is -2.31. The molecule has 0 radical (unpaired) electrons. The monoisotopic (exact) mass is 188 g/mol. The lowest BCUT2D eigenvalue weighted by molar-refractivity contribution is 0.243. The summed E-state index contributed by atoms with van der Waals surface area (Å²) >= 11 is 0. The Morgan fingerprint density at radius 1 is 1.21 bits per heavy atom. The van der Waals surface area contributed by atoms with E-state index in [2.05, 4.69) is 18.2 Å². The number of hydrogen-bond donors (Lipinski definition) is 0. The van der Waals surface area contributed by atoms with Crippen molar-refractivity contribution in [2.24, 2.45) is 0 Å². The molecule has 1 aromatic carbocycles. The second kappa shape index (κ2) is 2.75. The highest BCUT2D eigenvalue weighted by Gasteiger charge is 2.43. The van der Waals surface area contributed by atoms with Crippen LogP contribution in [0.4, 0.5) is 0 Å². The molecule has 0 saturated heterocycles. The molecule has 1 aromatic rings. The molecule has 1 heteroatoms. The molecular formula is C13H16O. The lowest BCUT2D eigenvalue weighted by atomic mass is 9.65. The van der Waals surface area contributed by atoms with Crippen molar-refractivity contribution >= 4 is 0 Å². The number of ether oxygens (including phenoxy) is 1. The molecular weight excluding hydrogens is 172 g/mol. The van der Waals surface area contributed by atoms with Gasteiger partial charge >= 0.3 is 0 Å². The molecule has 74 valence electrons. The van der Waals surface area contributed by atoms with Crippen LogP contribution in [0.5, 0.6) is 5.75 Å². The van der Waals surface area contributed by atoms with Crippen LogP contribution >= 0.6 is 0 Å². The van der Waals surface area contributed by atoms with Crippen molar-refractivity contribution in [1.29, 1.82) is 0 Å². The largest absolute Gasteiger partial charge is 0.497 e. The summed E-state index contributed by atoms with van der Waals surface area (Å²) in [5.41, 5.74) is 3.71. The van der Waals surface area contributed by atoms with E-state index in [0.717, 1.165) is 5.75 Å². The Hall–Kier alpha value is -0.980. The average molecular weight is 188 g/mol. The maximum absolute atomic E-state index is 5.30. The van der Waals surface area contributed by atoms with E-state index in [1.807, 2.05) is 0 Å². The first-order valence-corrected chi connectivity index (χ1v) is 5.51. The van der Waals surface area contributed by atoms with Gasteiger partial charge in [-0.15, -0.1) is 0 Å². The van der Waals surface area contributed by atoms with E-state index in [9.17, 15) is 0 Å². The minimum absolute atomic E-state index is 0.559. The predicted octanol–water partition coefficient (Wildman–Crippen LogP) is 3.06. The maximum Gasteiger partial charge on any atom is 0.119 e. The van der Waals surface area contributed by atoms with Gasteiger partial charge in [-0.25, -0.2) is 0 Å². The molecule has 0 N–H and O–H groups in total. The van der Waals surface area contributed by atoms with Crippen LogP contribution in [0.3, 0.4) is 0 Å². The van der Waals surface area contributed by atoms with Gasteiger partial charge in [0.25, 0.3) is 0 Å². The van der Waals surface area contributed by atoms with Gasteiger partial charge in [0.05, 0.1) is 7.11 Å². The molecule has 0 aliphatic heterocycles. The van der Waals surface area contributed by atoms with Gasteiger partial charge in [0.15, 0.2) is 0 Å². The van der Waals surface area contributed by atoms with Gasteiger partial charge in [-0.3, -0.25) is 0 Å². The summed E-state index contributed by atoms with van der Waals surface area (Å²) in [6, 6.07) is 6.61. The molecule has 14 heavy (non-hydrogen) atoms. The highest BCUT2D eigenvalue weighted by molar-refractivity contribution is 5.45. The van der Waals surface area contributed by atoms with Crippen molar-refractivity contribution in [3.63, 3.8) is 0 Å². The standard InChI is InChI=1S/C13H16O/c1-14-11-4-3-10-5-8-13(6-2-7-13)12(10)9-11/h3-4,9H,2,5-8H2,1H3. The van der Waals surface area contributed by atoms with Gasteiger partial charge in [0, 0.05) is 0 Å². The molecule has 0 heterocycles. The molecule has 0 aromatic heterocycles. The van der Waals surface area contributed by atoms with Gasteiger partial charge in [0.2, 0.25) is 0 Å². The number of benzene rings is 1. The topological polar surface area (TPSA) is 9.23 Å². The maximum atomic E-state index is 5.30. The van der Waals surface area contributed by atoms with Crippen molar-refractivity contribution in [1.82, 2.24) is 0 Å². The van der Waals surface area contributed by atoms with Gasteiger partial charge in [0.1, 0.15) is 5.75 Å². The van der Waals surface area contributed by atoms with Crippen molar-refractivity contribution in [3.8, 4) is 5.75 Å². The number of methoxy groups -OCH3 is 1. The first kappa shape index (κ1) is 8.34. The third-order valence-electron chi connectivity index (χ3n) is 4.07. The van der Waals surface area contributed by atoms with E-state index >= 15 is 0 Å². The van der Waals surface area contributed by atoms with Crippen LogP contribution in [-0.2, 0) is 11.8 Å².